The van der Waals surface area contributed by atoms with Crippen LogP contribution in [0.25, 0.3) is 0 Å². The first-order chi connectivity index (χ1) is 14.5. The first kappa shape index (κ1) is 19.3. The molecule has 3 aromatic heterocycles. The Balaban J connectivity index is 1.66. The van der Waals surface area contributed by atoms with Crippen LogP contribution in [0.5, 0.6) is 0 Å². The maximum absolute atomic E-state index is 13.1. The van der Waals surface area contributed by atoms with Crippen LogP contribution in [0.4, 0.5) is 17.2 Å². The Labute approximate surface area is 172 Å². The number of hydrogen-bond donors (Lipinski definition) is 2. The van der Waals surface area contributed by atoms with Gasteiger partial charge >= 0.3 is 0 Å². The van der Waals surface area contributed by atoms with Gasteiger partial charge < -0.3 is 15.5 Å². The SMILES string of the molecule is CN(C)C(=O)c1ncncc1NC(=O)c1nc(C2CC2)cnc1Nc1cncnc1. The number of anilines is 3. The second-order valence-electron chi connectivity index (χ2n) is 6.96. The van der Waals surface area contributed by atoms with Crippen LogP contribution in [-0.2, 0) is 0 Å². The number of hydrogen-bond acceptors (Lipinski definition) is 9. The van der Waals surface area contributed by atoms with Crippen LogP contribution in [-0.4, -0.2) is 60.7 Å². The van der Waals surface area contributed by atoms with Gasteiger partial charge in [0.25, 0.3) is 11.8 Å². The smallest absolute Gasteiger partial charge is 0.278 e. The molecule has 30 heavy (non-hydrogen) atoms. The van der Waals surface area contributed by atoms with Crippen LogP contribution < -0.4 is 10.6 Å². The number of aromatic nitrogens is 6. The van der Waals surface area contributed by atoms with E-state index in [1.165, 1.54) is 23.8 Å². The van der Waals surface area contributed by atoms with Gasteiger partial charge in [0.15, 0.2) is 17.2 Å². The minimum Gasteiger partial charge on any atom is -0.343 e. The van der Waals surface area contributed by atoms with Gasteiger partial charge in [-0.1, -0.05) is 0 Å². The van der Waals surface area contributed by atoms with Gasteiger partial charge in [-0.05, 0) is 12.8 Å². The van der Waals surface area contributed by atoms with E-state index in [2.05, 4.69) is 40.5 Å². The van der Waals surface area contributed by atoms with Crippen molar-refractivity contribution < 1.29 is 9.59 Å². The monoisotopic (exact) mass is 405 g/mol. The van der Waals surface area contributed by atoms with Crippen LogP contribution in [0.3, 0.4) is 0 Å². The van der Waals surface area contributed by atoms with Crippen molar-refractivity contribution in [3.05, 3.63) is 54.5 Å². The van der Waals surface area contributed by atoms with Crippen molar-refractivity contribution in [3.63, 3.8) is 0 Å². The zero-order valence-corrected chi connectivity index (χ0v) is 16.4. The molecule has 0 bridgehead atoms. The largest absolute Gasteiger partial charge is 0.343 e. The predicted molar refractivity (Wildman–Crippen MR) is 107 cm³/mol. The summed E-state index contributed by atoms with van der Waals surface area (Å²) < 4.78 is 0. The molecule has 0 atom stereocenters. The molecule has 0 saturated heterocycles. The third kappa shape index (κ3) is 4.19. The fourth-order valence-corrected chi connectivity index (χ4v) is 2.71. The molecule has 3 heterocycles. The molecule has 11 nitrogen and oxygen atoms in total. The summed E-state index contributed by atoms with van der Waals surface area (Å²) in [5.41, 5.74) is 1.68. The third-order valence-corrected chi connectivity index (χ3v) is 4.39. The van der Waals surface area contributed by atoms with E-state index in [0.29, 0.717) is 11.6 Å². The lowest BCUT2D eigenvalue weighted by Crippen LogP contribution is -2.26. The Morgan fingerprint density at radius 2 is 1.70 bits per heavy atom. The van der Waals surface area contributed by atoms with Gasteiger partial charge in [0.1, 0.15) is 12.7 Å². The van der Waals surface area contributed by atoms with Crippen molar-refractivity contribution in [1.29, 1.82) is 0 Å². The molecule has 1 aliphatic rings. The normalized spacial score (nSPS) is 12.9. The van der Waals surface area contributed by atoms with E-state index in [1.54, 1.807) is 32.7 Å². The number of nitrogens with one attached hydrogen (secondary N) is 2. The number of amides is 2. The van der Waals surface area contributed by atoms with E-state index in [0.717, 1.165) is 18.5 Å². The van der Waals surface area contributed by atoms with Crippen molar-refractivity contribution in [2.75, 3.05) is 24.7 Å². The maximum Gasteiger partial charge on any atom is 0.278 e. The summed E-state index contributed by atoms with van der Waals surface area (Å²) in [5.74, 6) is -0.328. The van der Waals surface area contributed by atoms with Crippen molar-refractivity contribution in [2.24, 2.45) is 0 Å². The molecule has 1 saturated carbocycles. The lowest BCUT2D eigenvalue weighted by molar-refractivity contribution is 0.0823. The van der Waals surface area contributed by atoms with Gasteiger partial charge in [-0.15, -0.1) is 0 Å². The molecular formula is C19H19N9O2. The second-order valence-corrected chi connectivity index (χ2v) is 6.96. The van der Waals surface area contributed by atoms with Crippen LogP contribution >= 0.6 is 0 Å². The molecule has 0 aromatic carbocycles. The molecule has 152 valence electrons. The van der Waals surface area contributed by atoms with Crippen LogP contribution in [0.1, 0.15) is 45.4 Å². The van der Waals surface area contributed by atoms with Gasteiger partial charge in [0.05, 0.1) is 41.9 Å². The molecule has 3 aromatic rings. The molecule has 1 fully saturated rings. The van der Waals surface area contributed by atoms with E-state index in [9.17, 15) is 9.59 Å². The molecule has 2 amide bonds. The Bertz CT molecular complexity index is 1080. The van der Waals surface area contributed by atoms with Crippen molar-refractivity contribution in [3.8, 4) is 0 Å². The van der Waals surface area contributed by atoms with E-state index in [-0.39, 0.29) is 28.8 Å². The second kappa shape index (κ2) is 8.15. The molecular weight excluding hydrogens is 386 g/mol. The molecule has 0 spiro atoms. The summed E-state index contributed by atoms with van der Waals surface area (Å²) in [7, 11) is 3.20. The van der Waals surface area contributed by atoms with Gasteiger partial charge in [0.2, 0.25) is 0 Å². The lowest BCUT2D eigenvalue weighted by atomic mass is 10.2. The van der Waals surface area contributed by atoms with E-state index < -0.39 is 5.91 Å². The van der Waals surface area contributed by atoms with Crippen molar-refractivity contribution in [2.45, 2.75) is 18.8 Å². The molecule has 0 radical (unpaired) electrons. The zero-order chi connectivity index (χ0) is 21.1. The van der Waals surface area contributed by atoms with E-state index in [4.69, 9.17) is 0 Å². The summed E-state index contributed by atoms with van der Waals surface area (Å²) >= 11 is 0. The Hall–Kier alpha value is -4.02. The van der Waals surface area contributed by atoms with Crippen LogP contribution in [0.2, 0.25) is 0 Å². The topological polar surface area (TPSA) is 139 Å². The summed E-state index contributed by atoms with van der Waals surface area (Å²) in [6.45, 7) is 0. The number of rotatable bonds is 6. The molecule has 0 aliphatic heterocycles. The molecule has 1 aliphatic carbocycles. The average Bonchev–Trinajstić information content (AvgIpc) is 3.60. The lowest BCUT2D eigenvalue weighted by Gasteiger charge is -2.14. The summed E-state index contributed by atoms with van der Waals surface area (Å²) in [5, 5.41) is 5.71. The van der Waals surface area contributed by atoms with Gasteiger partial charge in [-0.25, -0.2) is 29.9 Å². The number of carbonyl (C=O) groups is 2. The van der Waals surface area contributed by atoms with Crippen molar-refractivity contribution in [1.82, 2.24) is 34.8 Å². The molecule has 11 heteroatoms. The van der Waals surface area contributed by atoms with Gasteiger partial charge in [-0.3, -0.25) is 9.59 Å². The standard InChI is InChI=1S/C19H19N9O2/c1-28(2)19(30)15-14(7-22-10-24-15)27-18(29)16-17(25-12-5-20-9-21-6-12)23-8-13(26-16)11-3-4-11/h5-11H,3-4H2,1-2H3,(H,23,25)(H,27,29). The summed E-state index contributed by atoms with van der Waals surface area (Å²) in [4.78, 5) is 51.6. The summed E-state index contributed by atoms with van der Waals surface area (Å²) in [6, 6.07) is 0. The van der Waals surface area contributed by atoms with Crippen molar-refractivity contribution >= 4 is 29.0 Å². The Morgan fingerprint density at radius 1 is 0.967 bits per heavy atom. The first-order valence-corrected chi connectivity index (χ1v) is 9.25. The maximum atomic E-state index is 13.1. The first-order valence-electron chi connectivity index (χ1n) is 9.25. The van der Waals surface area contributed by atoms with E-state index in [1.807, 2.05) is 0 Å². The third-order valence-electron chi connectivity index (χ3n) is 4.39. The minimum atomic E-state index is -0.535. The van der Waals surface area contributed by atoms with E-state index >= 15 is 0 Å². The highest BCUT2D eigenvalue weighted by molar-refractivity contribution is 6.09. The fraction of sp³-hybridized carbons (Fsp3) is 0.263. The van der Waals surface area contributed by atoms with Gasteiger partial charge in [0, 0.05) is 20.0 Å². The Morgan fingerprint density at radius 3 is 2.40 bits per heavy atom. The number of carbonyl (C=O) groups excluding carboxylic acids is 2. The average molecular weight is 405 g/mol. The quantitative estimate of drug-likeness (QED) is 0.626. The highest BCUT2D eigenvalue weighted by Gasteiger charge is 2.28. The van der Waals surface area contributed by atoms with Gasteiger partial charge in [-0.2, -0.15) is 0 Å². The number of nitrogens with zero attached hydrogens (tertiary/aromatic N) is 7. The predicted octanol–water partition coefficient (Wildman–Crippen LogP) is 1.63. The minimum absolute atomic E-state index is 0.0839. The Kier molecular flexibility index (Phi) is 5.24. The molecule has 4 rings (SSSR count). The fourth-order valence-electron chi connectivity index (χ4n) is 2.71. The van der Waals surface area contributed by atoms with Crippen LogP contribution in [0, 0.1) is 0 Å². The summed E-state index contributed by atoms with van der Waals surface area (Å²) in [6.07, 6.45) is 10.8. The molecule has 2 N–H and O–H groups in total. The zero-order valence-electron chi connectivity index (χ0n) is 16.4. The molecule has 0 unspecified atom stereocenters. The highest BCUT2D eigenvalue weighted by Crippen LogP contribution is 2.39. The highest BCUT2D eigenvalue weighted by atomic mass is 16.2. The van der Waals surface area contributed by atoms with Crippen LogP contribution in [0.15, 0.2) is 37.4 Å².